The fourth-order valence-electron chi connectivity index (χ4n) is 1.10. The molecular weight excluding hydrogens is 184 g/mol. The van der Waals surface area contributed by atoms with Gasteiger partial charge in [0, 0.05) is 19.6 Å². The van der Waals surface area contributed by atoms with Crippen LogP contribution >= 0.6 is 0 Å². The lowest BCUT2D eigenvalue weighted by Crippen LogP contribution is -2.47. The number of aliphatic hydroxyl groups is 3. The molecule has 0 aromatic rings. The highest BCUT2D eigenvalue weighted by molar-refractivity contribution is 4.61. The second-order valence-corrected chi connectivity index (χ2v) is 3.81. The van der Waals surface area contributed by atoms with Gasteiger partial charge in [-0.15, -0.1) is 0 Å². The molecule has 5 nitrogen and oxygen atoms in total. The van der Waals surface area contributed by atoms with Crippen molar-refractivity contribution < 1.29 is 15.3 Å². The third-order valence-electron chi connectivity index (χ3n) is 1.58. The van der Waals surface area contributed by atoms with Crippen molar-refractivity contribution in [1.29, 1.82) is 0 Å². The summed E-state index contributed by atoms with van der Waals surface area (Å²) in [4.78, 5) is 0. The van der Waals surface area contributed by atoms with Crippen LogP contribution in [-0.2, 0) is 0 Å². The zero-order valence-corrected chi connectivity index (χ0v) is 9.14. The van der Waals surface area contributed by atoms with E-state index in [1.165, 1.54) is 0 Å². The molecule has 0 amide bonds. The summed E-state index contributed by atoms with van der Waals surface area (Å²) < 4.78 is 0. The van der Waals surface area contributed by atoms with Gasteiger partial charge >= 0.3 is 0 Å². The van der Waals surface area contributed by atoms with Gasteiger partial charge in [-0.3, -0.25) is 5.43 Å². The standard InChI is InChI=1S/C9H22N2O3/c1-7(12)4-10-11(5-8(2)13)6-9(3)14/h7-10,12-14H,4-6H2,1-3H3/t7-,8+,9+/m0/s1. The van der Waals surface area contributed by atoms with Gasteiger partial charge in [0.2, 0.25) is 0 Å². The third kappa shape index (κ3) is 8.40. The van der Waals surface area contributed by atoms with Gasteiger partial charge in [-0.05, 0) is 20.8 Å². The molecule has 0 rings (SSSR count). The highest BCUT2D eigenvalue weighted by Crippen LogP contribution is 1.92. The SMILES string of the molecule is C[C@H](O)CNN(C[C@@H](C)O)C[C@@H](C)O. The molecule has 0 aliphatic heterocycles. The lowest BCUT2D eigenvalue weighted by molar-refractivity contribution is 0.0396. The zero-order valence-electron chi connectivity index (χ0n) is 9.14. The highest BCUT2D eigenvalue weighted by Gasteiger charge is 2.10. The van der Waals surface area contributed by atoms with Crippen molar-refractivity contribution in [2.45, 2.75) is 39.1 Å². The molecule has 4 N–H and O–H groups in total. The molecule has 0 fully saturated rings. The molecule has 0 aromatic carbocycles. The summed E-state index contributed by atoms with van der Waals surface area (Å²) in [6.45, 7) is 6.31. The molecule has 0 aliphatic carbocycles. The molecule has 0 radical (unpaired) electrons. The molecule has 0 heterocycles. The molecule has 0 saturated carbocycles. The topological polar surface area (TPSA) is 76.0 Å². The van der Waals surface area contributed by atoms with E-state index in [-0.39, 0.29) is 0 Å². The van der Waals surface area contributed by atoms with E-state index in [2.05, 4.69) is 5.43 Å². The van der Waals surface area contributed by atoms with E-state index >= 15 is 0 Å². The van der Waals surface area contributed by atoms with Gasteiger partial charge < -0.3 is 15.3 Å². The number of rotatable bonds is 7. The van der Waals surface area contributed by atoms with Crippen LogP contribution < -0.4 is 5.43 Å². The quantitative estimate of drug-likeness (QED) is 0.399. The summed E-state index contributed by atoms with van der Waals surface area (Å²) in [5.41, 5.74) is 2.95. The molecule has 0 spiro atoms. The lowest BCUT2D eigenvalue weighted by Gasteiger charge is -2.26. The predicted molar refractivity (Wildman–Crippen MR) is 54.6 cm³/mol. The summed E-state index contributed by atoms with van der Waals surface area (Å²) in [5, 5.41) is 29.1. The summed E-state index contributed by atoms with van der Waals surface area (Å²) >= 11 is 0. The Morgan fingerprint density at radius 2 is 1.36 bits per heavy atom. The van der Waals surface area contributed by atoms with E-state index < -0.39 is 18.3 Å². The van der Waals surface area contributed by atoms with E-state index in [1.807, 2.05) is 0 Å². The lowest BCUT2D eigenvalue weighted by atomic mass is 10.3. The van der Waals surface area contributed by atoms with Crippen LogP contribution in [0.2, 0.25) is 0 Å². The van der Waals surface area contributed by atoms with Crippen molar-refractivity contribution in [3.63, 3.8) is 0 Å². The van der Waals surface area contributed by atoms with Crippen molar-refractivity contribution >= 4 is 0 Å². The van der Waals surface area contributed by atoms with E-state index in [4.69, 9.17) is 5.11 Å². The first-order chi connectivity index (χ1) is 6.41. The van der Waals surface area contributed by atoms with Crippen LogP contribution in [0.1, 0.15) is 20.8 Å². The molecule has 5 heteroatoms. The first-order valence-corrected chi connectivity index (χ1v) is 4.94. The van der Waals surface area contributed by atoms with Gasteiger partial charge in [0.05, 0.1) is 18.3 Å². The number of aliphatic hydroxyl groups excluding tert-OH is 3. The number of hydrazine groups is 1. The summed E-state index contributed by atoms with van der Waals surface area (Å²) in [7, 11) is 0. The molecule has 86 valence electrons. The Labute approximate surface area is 85.3 Å². The molecular formula is C9H22N2O3. The van der Waals surface area contributed by atoms with E-state index in [0.717, 1.165) is 0 Å². The van der Waals surface area contributed by atoms with E-state index in [0.29, 0.717) is 19.6 Å². The monoisotopic (exact) mass is 206 g/mol. The van der Waals surface area contributed by atoms with Crippen molar-refractivity contribution in [3.8, 4) is 0 Å². The number of hydrogen-bond donors (Lipinski definition) is 4. The van der Waals surface area contributed by atoms with Gasteiger partial charge in [0.1, 0.15) is 0 Å². The third-order valence-corrected chi connectivity index (χ3v) is 1.58. The normalized spacial score (nSPS) is 18.2. The van der Waals surface area contributed by atoms with Crippen LogP contribution in [0.25, 0.3) is 0 Å². The number of nitrogens with one attached hydrogen (secondary N) is 1. The Bertz CT molecular complexity index is 130. The first kappa shape index (κ1) is 13.8. The van der Waals surface area contributed by atoms with Crippen molar-refractivity contribution in [1.82, 2.24) is 10.4 Å². The maximum Gasteiger partial charge on any atom is 0.0653 e. The van der Waals surface area contributed by atoms with Crippen LogP contribution in [0.3, 0.4) is 0 Å². The summed E-state index contributed by atoms with van der Waals surface area (Å²) in [5.74, 6) is 0. The Morgan fingerprint density at radius 3 is 1.64 bits per heavy atom. The average Bonchev–Trinajstić information content (AvgIpc) is 1.97. The molecule has 0 aliphatic rings. The van der Waals surface area contributed by atoms with Crippen LogP contribution in [0, 0.1) is 0 Å². The summed E-state index contributed by atoms with van der Waals surface area (Å²) in [6, 6.07) is 0. The fourth-order valence-corrected chi connectivity index (χ4v) is 1.10. The average molecular weight is 206 g/mol. The molecule has 14 heavy (non-hydrogen) atoms. The molecule has 0 bridgehead atoms. The van der Waals surface area contributed by atoms with Gasteiger partial charge in [-0.25, -0.2) is 5.01 Å². The van der Waals surface area contributed by atoms with Gasteiger partial charge in [-0.1, -0.05) is 0 Å². The van der Waals surface area contributed by atoms with E-state index in [1.54, 1.807) is 25.8 Å². The minimum atomic E-state index is -0.463. The van der Waals surface area contributed by atoms with Crippen LogP contribution in [-0.4, -0.2) is 58.3 Å². The Morgan fingerprint density at radius 1 is 0.929 bits per heavy atom. The van der Waals surface area contributed by atoms with Crippen LogP contribution in [0.15, 0.2) is 0 Å². The fraction of sp³-hybridized carbons (Fsp3) is 1.00. The van der Waals surface area contributed by atoms with Crippen molar-refractivity contribution in [2.75, 3.05) is 19.6 Å². The smallest absolute Gasteiger partial charge is 0.0653 e. The second-order valence-electron chi connectivity index (χ2n) is 3.81. The molecule has 0 saturated heterocycles. The molecule has 0 aromatic heterocycles. The first-order valence-electron chi connectivity index (χ1n) is 4.94. The van der Waals surface area contributed by atoms with Crippen molar-refractivity contribution in [2.24, 2.45) is 0 Å². The Kier molecular flexibility index (Phi) is 7.04. The minimum Gasteiger partial charge on any atom is -0.392 e. The molecule has 0 unspecified atom stereocenters. The minimum absolute atomic E-state index is 0.416. The van der Waals surface area contributed by atoms with Crippen LogP contribution in [0.5, 0.6) is 0 Å². The molecule has 3 atom stereocenters. The van der Waals surface area contributed by atoms with Crippen molar-refractivity contribution in [3.05, 3.63) is 0 Å². The van der Waals surface area contributed by atoms with Gasteiger partial charge in [0.25, 0.3) is 0 Å². The van der Waals surface area contributed by atoms with E-state index in [9.17, 15) is 10.2 Å². The Balaban J connectivity index is 3.84. The number of nitrogens with zero attached hydrogens (tertiary/aromatic N) is 1. The highest BCUT2D eigenvalue weighted by atomic mass is 16.3. The second kappa shape index (κ2) is 7.14. The van der Waals surface area contributed by atoms with Gasteiger partial charge in [0.15, 0.2) is 0 Å². The number of hydrogen-bond acceptors (Lipinski definition) is 5. The largest absolute Gasteiger partial charge is 0.392 e. The zero-order chi connectivity index (χ0) is 11.1. The summed E-state index contributed by atoms with van der Waals surface area (Å²) in [6.07, 6.45) is -1.37. The predicted octanol–water partition coefficient (Wildman–Crippen LogP) is -1.06. The van der Waals surface area contributed by atoms with Gasteiger partial charge in [-0.2, -0.15) is 0 Å². The van der Waals surface area contributed by atoms with Crippen LogP contribution in [0.4, 0.5) is 0 Å². The maximum absolute atomic E-state index is 9.18. The maximum atomic E-state index is 9.18. The Hall–Kier alpha value is -0.200.